The maximum atomic E-state index is 12.2. The number of hydrogen-bond donors (Lipinski definition) is 2. The Kier molecular flexibility index (Phi) is 32.0. The molecule has 0 bridgehead atoms. The minimum Gasteiger partial charge on any atom is -0.480 e. The molecule has 0 aromatic rings. The smallest absolute Gasteiger partial charge is 0.328 e. The van der Waals surface area contributed by atoms with Gasteiger partial charge in [-0.1, -0.05) is 141 Å². The zero-order chi connectivity index (χ0) is 36.3. The van der Waals surface area contributed by atoms with Crippen molar-refractivity contribution in [1.82, 2.24) is 0 Å². The molecule has 0 unspecified atom stereocenters. The second kappa shape index (κ2) is 33.8. The molecule has 0 spiro atoms. The Bertz CT molecular complexity index is 822. The summed E-state index contributed by atoms with van der Waals surface area (Å²) in [5.41, 5.74) is -2.53. The van der Waals surface area contributed by atoms with Gasteiger partial charge in [-0.3, -0.25) is 19.2 Å². The van der Waals surface area contributed by atoms with Crippen molar-refractivity contribution in [2.24, 2.45) is 5.41 Å². The molecule has 8 heteroatoms. The van der Waals surface area contributed by atoms with Crippen molar-refractivity contribution in [3.63, 3.8) is 0 Å². The highest BCUT2D eigenvalue weighted by molar-refractivity contribution is 5.99. The van der Waals surface area contributed by atoms with Crippen LogP contribution < -0.4 is 0 Å². The standard InChI is InChI=1S/C41H72O8/c1-3-5-7-9-11-13-15-17-19-21-23-25-27-29-31-33-37(42)48-35-41(39(44)45,40(46)47)36-49-38(43)34-32-30-28-26-24-22-20-18-16-14-12-10-8-6-4-2/h17-20H,3-16,21-36H2,1-2H3,(H,44,45)(H,46,47)/b19-17-,20-18-. The number of esters is 2. The average Bonchev–Trinajstić information content (AvgIpc) is 3.08. The van der Waals surface area contributed by atoms with Crippen molar-refractivity contribution in [3.8, 4) is 0 Å². The number of carboxylic acid groups (broad SMARTS) is 2. The fourth-order valence-corrected chi connectivity index (χ4v) is 5.61. The van der Waals surface area contributed by atoms with Gasteiger partial charge in [0.05, 0.1) is 0 Å². The van der Waals surface area contributed by atoms with E-state index in [4.69, 9.17) is 9.47 Å². The van der Waals surface area contributed by atoms with E-state index in [0.29, 0.717) is 12.8 Å². The minimum atomic E-state index is -2.53. The van der Waals surface area contributed by atoms with Crippen LogP contribution >= 0.6 is 0 Å². The van der Waals surface area contributed by atoms with Crippen LogP contribution in [0, 0.1) is 5.41 Å². The molecule has 0 aromatic heterocycles. The third-order valence-electron chi connectivity index (χ3n) is 9.06. The van der Waals surface area contributed by atoms with Crippen LogP contribution in [0.1, 0.15) is 194 Å². The van der Waals surface area contributed by atoms with Gasteiger partial charge in [-0.15, -0.1) is 0 Å². The number of allylic oxidation sites excluding steroid dienone is 4. The molecule has 8 nitrogen and oxygen atoms in total. The molecule has 0 fully saturated rings. The first-order chi connectivity index (χ1) is 23.8. The highest BCUT2D eigenvalue weighted by Crippen LogP contribution is 2.22. The van der Waals surface area contributed by atoms with E-state index >= 15 is 0 Å². The molecule has 49 heavy (non-hydrogen) atoms. The molecule has 0 amide bonds. The lowest BCUT2D eigenvalue weighted by atomic mass is 9.90. The minimum absolute atomic E-state index is 0.0861. The van der Waals surface area contributed by atoms with E-state index in [9.17, 15) is 29.4 Å². The van der Waals surface area contributed by atoms with Crippen LogP contribution in [0.15, 0.2) is 24.3 Å². The van der Waals surface area contributed by atoms with Crippen LogP contribution in [0.2, 0.25) is 0 Å². The van der Waals surface area contributed by atoms with Gasteiger partial charge in [0.2, 0.25) is 5.41 Å². The fraction of sp³-hybridized carbons (Fsp3) is 0.805. The molecule has 0 aliphatic heterocycles. The summed E-state index contributed by atoms with van der Waals surface area (Å²) in [4.78, 5) is 48.4. The Morgan fingerprint density at radius 2 is 0.694 bits per heavy atom. The first-order valence-electron chi connectivity index (χ1n) is 19.9. The summed E-state index contributed by atoms with van der Waals surface area (Å²) >= 11 is 0. The number of carbonyl (C=O) groups is 4. The second-order valence-electron chi connectivity index (χ2n) is 13.7. The maximum absolute atomic E-state index is 12.2. The Balaban J connectivity index is 4.06. The van der Waals surface area contributed by atoms with Crippen LogP contribution in [-0.4, -0.2) is 47.3 Å². The molecule has 0 aliphatic carbocycles. The number of hydrogen-bond acceptors (Lipinski definition) is 6. The van der Waals surface area contributed by atoms with E-state index in [1.165, 1.54) is 77.0 Å². The fourth-order valence-electron chi connectivity index (χ4n) is 5.61. The molecular weight excluding hydrogens is 620 g/mol. The molecule has 284 valence electrons. The zero-order valence-corrected chi connectivity index (χ0v) is 31.4. The third-order valence-corrected chi connectivity index (χ3v) is 9.06. The first kappa shape index (κ1) is 46.4. The van der Waals surface area contributed by atoms with Crippen LogP contribution in [0.5, 0.6) is 0 Å². The molecule has 0 aliphatic rings. The number of aliphatic carboxylic acids is 2. The van der Waals surface area contributed by atoms with Crippen molar-refractivity contribution in [1.29, 1.82) is 0 Å². The van der Waals surface area contributed by atoms with Gasteiger partial charge in [-0.25, -0.2) is 0 Å². The number of ether oxygens (including phenoxy) is 2. The Labute approximate surface area is 298 Å². The summed E-state index contributed by atoms with van der Waals surface area (Å²) in [6.07, 6.45) is 38.6. The van der Waals surface area contributed by atoms with Gasteiger partial charge in [-0.2, -0.15) is 0 Å². The highest BCUT2D eigenvalue weighted by Gasteiger charge is 2.50. The number of carbonyl (C=O) groups excluding carboxylic acids is 2. The van der Waals surface area contributed by atoms with Crippen LogP contribution in [0.4, 0.5) is 0 Å². The Hall–Kier alpha value is -2.64. The van der Waals surface area contributed by atoms with Gasteiger partial charge < -0.3 is 19.7 Å². The molecule has 0 atom stereocenters. The van der Waals surface area contributed by atoms with E-state index in [1.807, 2.05) is 0 Å². The Morgan fingerprint density at radius 3 is 0.980 bits per heavy atom. The monoisotopic (exact) mass is 693 g/mol. The van der Waals surface area contributed by atoms with Gasteiger partial charge in [0.1, 0.15) is 13.2 Å². The maximum Gasteiger partial charge on any atom is 0.328 e. The van der Waals surface area contributed by atoms with E-state index in [1.54, 1.807) is 0 Å². The lowest BCUT2D eigenvalue weighted by Gasteiger charge is -2.24. The van der Waals surface area contributed by atoms with Gasteiger partial charge >= 0.3 is 23.9 Å². The van der Waals surface area contributed by atoms with Crippen molar-refractivity contribution in [2.75, 3.05) is 13.2 Å². The largest absolute Gasteiger partial charge is 0.480 e. The topological polar surface area (TPSA) is 127 Å². The normalized spacial score (nSPS) is 11.8. The summed E-state index contributed by atoms with van der Waals surface area (Å²) in [5, 5.41) is 19.4. The molecule has 0 saturated heterocycles. The van der Waals surface area contributed by atoms with Crippen LogP contribution in [-0.2, 0) is 28.7 Å². The predicted octanol–water partition coefficient (Wildman–Crippen LogP) is 11.3. The number of unbranched alkanes of at least 4 members (excludes halogenated alkanes) is 22. The molecule has 0 radical (unpaired) electrons. The third kappa shape index (κ3) is 27.8. The average molecular weight is 693 g/mol. The van der Waals surface area contributed by atoms with Gasteiger partial charge in [-0.05, 0) is 64.2 Å². The molecule has 0 saturated carbocycles. The van der Waals surface area contributed by atoms with Crippen molar-refractivity contribution < 1.29 is 38.9 Å². The van der Waals surface area contributed by atoms with E-state index in [2.05, 4.69) is 38.2 Å². The van der Waals surface area contributed by atoms with Gasteiger partial charge in [0.15, 0.2) is 0 Å². The number of carboxylic acids is 2. The lowest BCUT2D eigenvalue weighted by Crippen LogP contribution is -2.48. The van der Waals surface area contributed by atoms with Crippen molar-refractivity contribution >= 4 is 23.9 Å². The first-order valence-corrected chi connectivity index (χ1v) is 19.9. The highest BCUT2D eigenvalue weighted by atomic mass is 16.6. The van der Waals surface area contributed by atoms with Crippen LogP contribution in [0.25, 0.3) is 0 Å². The van der Waals surface area contributed by atoms with Gasteiger partial charge in [0.25, 0.3) is 0 Å². The lowest BCUT2D eigenvalue weighted by molar-refractivity contribution is -0.178. The van der Waals surface area contributed by atoms with Crippen molar-refractivity contribution in [3.05, 3.63) is 24.3 Å². The molecule has 0 heterocycles. The summed E-state index contributed by atoms with van der Waals surface area (Å²) in [6.45, 7) is 2.69. The summed E-state index contributed by atoms with van der Waals surface area (Å²) in [6, 6.07) is 0. The summed E-state index contributed by atoms with van der Waals surface area (Å²) in [5.74, 6) is -4.71. The molecular formula is C41H72O8. The number of rotatable bonds is 36. The SMILES string of the molecule is CCCCCCCC/C=C\CCCCCCCC(=O)OCC(COC(=O)CCCCCCC/C=C\CCCCCCCC)(C(=O)O)C(=O)O. The van der Waals surface area contributed by atoms with E-state index in [0.717, 1.165) is 77.0 Å². The summed E-state index contributed by atoms with van der Waals surface area (Å²) in [7, 11) is 0. The van der Waals surface area contributed by atoms with Gasteiger partial charge in [0, 0.05) is 12.8 Å². The second-order valence-corrected chi connectivity index (χ2v) is 13.7. The molecule has 0 aromatic carbocycles. The quantitative estimate of drug-likeness (QED) is 0.0287. The van der Waals surface area contributed by atoms with E-state index in [-0.39, 0.29) is 12.8 Å². The zero-order valence-electron chi connectivity index (χ0n) is 31.4. The van der Waals surface area contributed by atoms with E-state index < -0.39 is 42.5 Å². The molecule has 2 N–H and O–H groups in total. The Morgan fingerprint density at radius 1 is 0.429 bits per heavy atom. The van der Waals surface area contributed by atoms with Crippen LogP contribution in [0.3, 0.4) is 0 Å². The van der Waals surface area contributed by atoms with Crippen molar-refractivity contribution in [2.45, 2.75) is 194 Å². The summed E-state index contributed by atoms with van der Waals surface area (Å²) < 4.78 is 10.1. The predicted molar refractivity (Wildman–Crippen MR) is 199 cm³/mol. The molecule has 0 rings (SSSR count).